The first kappa shape index (κ1) is 21.3. The van der Waals surface area contributed by atoms with Gasteiger partial charge in [-0.3, -0.25) is 4.79 Å². The van der Waals surface area contributed by atoms with Crippen LogP contribution in [0.5, 0.6) is 11.5 Å². The second-order valence-corrected chi connectivity index (χ2v) is 8.74. The van der Waals surface area contributed by atoms with Crippen molar-refractivity contribution < 1.29 is 14.3 Å². The van der Waals surface area contributed by atoms with Crippen LogP contribution in [0.2, 0.25) is 0 Å². The van der Waals surface area contributed by atoms with Crippen LogP contribution in [0.1, 0.15) is 47.7 Å². The number of hydrogen-bond donors (Lipinski definition) is 0. The minimum Gasteiger partial charge on any atom is -0.497 e. The van der Waals surface area contributed by atoms with Gasteiger partial charge in [-0.2, -0.15) is 0 Å². The number of piperidine rings is 1. The van der Waals surface area contributed by atoms with Crippen molar-refractivity contribution in [3.63, 3.8) is 0 Å². The quantitative estimate of drug-likeness (QED) is 0.527. The molecule has 0 N–H and O–H groups in total. The third-order valence-corrected chi connectivity index (χ3v) is 6.69. The molecular formula is C27H29N3O3. The van der Waals surface area contributed by atoms with E-state index < -0.39 is 0 Å². The van der Waals surface area contributed by atoms with Gasteiger partial charge in [0.2, 0.25) is 5.91 Å². The predicted molar refractivity (Wildman–Crippen MR) is 128 cm³/mol. The van der Waals surface area contributed by atoms with E-state index in [9.17, 15) is 4.79 Å². The third kappa shape index (κ3) is 4.01. The topological polar surface area (TPSA) is 56.6 Å². The Kier molecular flexibility index (Phi) is 5.67. The summed E-state index contributed by atoms with van der Waals surface area (Å²) in [6, 6.07) is 12.4. The van der Waals surface area contributed by atoms with Gasteiger partial charge in [0.05, 0.1) is 38.0 Å². The number of benzene rings is 2. The van der Waals surface area contributed by atoms with E-state index in [2.05, 4.69) is 22.0 Å². The Morgan fingerprint density at radius 3 is 2.73 bits per heavy atom. The number of hydrogen-bond acceptors (Lipinski definition) is 4. The molecule has 170 valence electrons. The van der Waals surface area contributed by atoms with Crippen molar-refractivity contribution in [2.24, 2.45) is 0 Å². The monoisotopic (exact) mass is 443 g/mol. The highest BCUT2D eigenvalue weighted by Gasteiger charge is 2.34. The lowest BCUT2D eigenvalue weighted by atomic mass is 9.97. The van der Waals surface area contributed by atoms with Gasteiger partial charge in [-0.1, -0.05) is 12.1 Å². The Labute approximate surface area is 194 Å². The van der Waals surface area contributed by atoms with E-state index in [4.69, 9.17) is 9.47 Å². The fourth-order valence-electron chi connectivity index (χ4n) is 5.02. The van der Waals surface area contributed by atoms with Crippen LogP contribution < -0.4 is 9.47 Å². The first-order valence-corrected chi connectivity index (χ1v) is 11.4. The number of fused-ring (bicyclic) bond motifs is 1. The highest BCUT2D eigenvalue weighted by molar-refractivity contribution is 5.99. The van der Waals surface area contributed by atoms with Gasteiger partial charge in [-0.25, -0.2) is 4.98 Å². The first-order valence-electron chi connectivity index (χ1n) is 11.4. The summed E-state index contributed by atoms with van der Waals surface area (Å²) in [5.74, 6) is 1.73. The second-order valence-electron chi connectivity index (χ2n) is 8.74. The summed E-state index contributed by atoms with van der Waals surface area (Å²) in [7, 11) is 3.35. The van der Waals surface area contributed by atoms with Crippen LogP contribution in [-0.2, 0) is 11.2 Å². The standard InChI is InChI=1S/C27H29N3O3/c1-18-16-29(17-28-18)25-10-6-19(14-26(25)33-3)13-21-5-4-12-30(27(21)31)24-11-8-20-7-9-22(32-2)15-23(20)24/h6-7,9-10,13-17,24H,4-5,8,11-12H2,1-3H3/b21-13+/t24-/m1/s1. The maximum atomic E-state index is 13.5. The van der Waals surface area contributed by atoms with Gasteiger partial charge in [0.15, 0.2) is 0 Å². The van der Waals surface area contributed by atoms with E-state index >= 15 is 0 Å². The van der Waals surface area contributed by atoms with Crippen molar-refractivity contribution in [1.29, 1.82) is 0 Å². The van der Waals surface area contributed by atoms with Gasteiger partial charge in [0.1, 0.15) is 11.5 Å². The number of carbonyl (C=O) groups is 1. The highest BCUT2D eigenvalue weighted by atomic mass is 16.5. The number of likely N-dealkylation sites (tertiary alicyclic amines) is 1. The fraction of sp³-hybridized carbons (Fsp3) is 0.333. The molecule has 1 fully saturated rings. The van der Waals surface area contributed by atoms with Gasteiger partial charge in [0, 0.05) is 18.3 Å². The average Bonchev–Trinajstić information content (AvgIpc) is 3.46. The maximum absolute atomic E-state index is 13.5. The summed E-state index contributed by atoms with van der Waals surface area (Å²) in [6.07, 6.45) is 9.49. The summed E-state index contributed by atoms with van der Waals surface area (Å²) < 4.78 is 13.0. The molecule has 1 aliphatic heterocycles. The van der Waals surface area contributed by atoms with Crippen molar-refractivity contribution in [2.45, 2.75) is 38.6 Å². The Balaban J connectivity index is 1.42. The highest BCUT2D eigenvalue weighted by Crippen LogP contribution is 2.40. The molecule has 2 aromatic carbocycles. The summed E-state index contributed by atoms with van der Waals surface area (Å²) in [4.78, 5) is 19.9. The number of aromatic nitrogens is 2. The molecule has 1 atom stereocenters. The molecule has 6 heteroatoms. The SMILES string of the molecule is COc1ccc2c(c1)[C@H](N1CCC/C(=C\c3ccc(-n4cnc(C)c4)c(OC)c3)C1=O)CC2. The van der Waals surface area contributed by atoms with Crippen molar-refractivity contribution in [1.82, 2.24) is 14.5 Å². The molecule has 0 unspecified atom stereocenters. The average molecular weight is 444 g/mol. The lowest BCUT2D eigenvalue weighted by Crippen LogP contribution is -2.39. The van der Waals surface area contributed by atoms with Crippen molar-refractivity contribution in [2.75, 3.05) is 20.8 Å². The molecule has 3 aromatic rings. The Morgan fingerprint density at radius 2 is 1.97 bits per heavy atom. The second kappa shape index (κ2) is 8.77. The van der Waals surface area contributed by atoms with Crippen LogP contribution >= 0.6 is 0 Å². The van der Waals surface area contributed by atoms with Crippen LogP contribution in [0.15, 0.2) is 54.5 Å². The molecular weight excluding hydrogens is 414 g/mol. The smallest absolute Gasteiger partial charge is 0.250 e. The molecule has 33 heavy (non-hydrogen) atoms. The van der Waals surface area contributed by atoms with Crippen molar-refractivity contribution >= 4 is 12.0 Å². The molecule has 1 amide bonds. The van der Waals surface area contributed by atoms with E-state index in [0.29, 0.717) is 0 Å². The summed E-state index contributed by atoms with van der Waals surface area (Å²) in [6.45, 7) is 2.75. The number of rotatable bonds is 5. The van der Waals surface area contributed by atoms with Crippen LogP contribution in [0.4, 0.5) is 0 Å². The number of amides is 1. The zero-order valence-electron chi connectivity index (χ0n) is 19.4. The summed E-state index contributed by atoms with van der Waals surface area (Å²) >= 11 is 0. The van der Waals surface area contributed by atoms with Gasteiger partial charge < -0.3 is 18.9 Å². The summed E-state index contributed by atoms with van der Waals surface area (Å²) in [5.41, 5.74) is 6.23. The largest absolute Gasteiger partial charge is 0.497 e. The van der Waals surface area contributed by atoms with E-state index in [1.165, 1.54) is 11.1 Å². The lowest BCUT2D eigenvalue weighted by molar-refractivity contribution is -0.131. The molecule has 0 saturated carbocycles. The predicted octanol–water partition coefficient (Wildman–Crippen LogP) is 4.89. The van der Waals surface area contributed by atoms with Crippen LogP contribution in [0.3, 0.4) is 0 Å². The van der Waals surface area contributed by atoms with E-state index in [1.807, 2.05) is 48.0 Å². The maximum Gasteiger partial charge on any atom is 0.250 e. The van der Waals surface area contributed by atoms with Crippen LogP contribution in [0.25, 0.3) is 11.8 Å². The molecule has 0 spiro atoms. The van der Waals surface area contributed by atoms with Gasteiger partial charge in [-0.05, 0) is 79.6 Å². The molecule has 0 radical (unpaired) electrons. The van der Waals surface area contributed by atoms with Gasteiger partial charge in [-0.15, -0.1) is 0 Å². The zero-order chi connectivity index (χ0) is 22.9. The number of nitrogens with zero attached hydrogens (tertiary/aromatic N) is 3. The zero-order valence-corrected chi connectivity index (χ0v) is 19.4. The molecule has 6 nitrogen and oxygen atoms in total. The normalized spacial score (nSPS) is 19.1. The molecule has 1 aromatic heterocycles. The number of carbonyl (C=O) groups excluding carboxylic acids is 1. The number of imidazole rings is 1. The third-order valence-electron chi connectivity index (χ3n) is 6.69. The van der Waals surface area contributed by atoms with E-state index in [-0.39, 0.29) is 11.9 Å². The van der Waals surface area contributed by atoms with E-state index in [1.54, 1.807) is 20.5 Å². The molecule has 0 bridgehead atoms. The number of ether oxygens (including phenoxy) is 2. The Morgan fingerprint density at radius 1 is 1.09 bits per heavy atom. The summed E-state index contributed by atoms with van der Waals surface area (Å²) in [5, 5.41) is 0. The molecule has 1 saturated heterocycles. The van der Waals surface area contributed by atoms with Crippen LogP contribution in [0, 0.1) is 6.92 Å². The number of aryl methyl sites for hydroxylation is 2. The minimum absolute atomic E-state index is 0.118. The van der Waals surface area contributed by atoms with E-state index in [0.717, 1.165) is 66.2 Å². The minimum atomic E-state index is 0.118. The lowest BCUT2D eigenvalue weighted by Gasteiger charge is -2.34. The van der Waals surface area contributed by atoms with Crippen molar-refractivity contribution in [3.05, 3.63) is 76.9 Å². The number of methoxy groups -OCH3 is 2. The molecule has 2 aliphatic rings. The Hall–Kier alpha value is -3.54. The Bertz CT molecular complexity index is 1230. The molecule has 2 heterocycles. The van der Waals surface area contributed by atoms with Crippen molar-refractivity contribution in [3.8, 4) is 17.2 Å². The van der Waals surface area contributed by atoms with Gasteiger partial charge >= 0.3 is 0 Å². The van der Waals surface area contributed by atoms with Gasteiger partial charge in [0.25, 0.3) is 0 Å². The molecule has 1 aliphatic carbocycles. The fourth-order valence-corrected chi connectivity index (χ4v) is 5.02. The first-order chi connectivity index (χ1) is 16.1. The van der Waals surface area contributed by atoms with Crippen LogP contribution in [-0.4, -0.2) is 41.1 Å². The molecule has 5 rings (SSSR count).